The molecule has 1 aromatic heterocycles. The van der Waals surface area contributed by atoms with E-state index in [2.05, 4.69) is 10.3 Å². The molecule has 0 aliphatic heterocycles. The van der Waals surface area contributed by atoms with Crippen molar-refractivity contribution < 1.29 is 9.18 Å². The van der Waals surface area contributed by atoms with Crippen LogP contribution in [-0.4, -0.2) is 21.2 Å². The quantitative estimate of drug-likeness (QED) is 0.444. The largest absolute Gasteiger partial charge is 0.323 e. The molecule has 8 heteroatoms. The molecule has 0 bridgehead atoms. The second-order valence-corrected chi connectivity index (χ2v) is 8.56. The smallest absolute Gasteiger partial charge is 0.262 e. The Balaban J connectivity index is 1.85. The predicted octanol–water partition coefficient (Wildman–Crippen LogP) is 4.88. The second kappa shape index (κ2) is 8.97. The number of hydrogen-bond acceptors (Lipinski definition) is 4. The number of anilines is 1. The Bertz CT molecular complexity index is 1130. The van der Waals surface area contributed by atoms with Crippen molar-refractivity contribution in [2.24, 2.45) is 5.92 Å². The molecule has 0 spiro atoms. The number of rotatable bonds is 6. The molecular weight excluding hydrogens is 413 g/mol. The fourth-order valence-electron chi connectivity index (χ4n) is 2.85. The summed E-state index contributed by atoms with van der Waals surface area (Å²) in [4.78, 5) is 29.8. The number of halogens is 2. The summed E-state index contributed by atoms with van der Waals surface area (Å²) in [5, 5.41) is 3.91. The van der Waals surface area contributed by atoms with Gasteiger partial charge in [-0.15, -0.1) is 0 Å². The third-order valence-corrected chi connectivity index (χ3v) is 5.37. The third kappa shape index (κ3) is 5.16. The minimum absolute atomic E-state index is 0.00303. The number of hydrogen-bond donors (Lipinski definition) is 1. The number of aryl methyl sites for hydroxylation is 1. The molecule has 0 aliphatic rings. The highest BCUT2D eigenvalue weighted by atomic mass is 35.5. The Hall–Kier alpha value is -2.38. The van der Waals surface area contributed by atoms with Gasteiger partial charge in [0, 0.05) is 11.6 Å². The minimum atomic E-state index is -0.485. The van der Waals surface area contributed by atoms with Gasteiger partial charge in [-0.2, -0.15) is 0 Å². The van der Waals surface area contributed by atoms with Gasteiger partial charge >= 0.3 is 0 Å². The lowest BCUT2D eigenvalue weighted by Crippen LogP contribution is -2.26. The molecule has 1 heterocycles. The van der Waals surface area contributed by atoms with Crippen molar-refractivity contribution in [2.45, 2.75) is 32.5 Å². The number of aromatic nitrogens is 2. The normalized spacial score (nSPS) is 11.2. The topological polar surface area (TPSA) is 64.0 Å². The van der Waals surface area contributed by atoms with Crippen LogP contribution in [0, 0.1) is 18.7 Å². The van der Waals surface area contributed by atoms with Crippen LogP contribution in [0.25, 0.3) is 10.9 Å². The van der Waals surface area contributed by atoms with Crippen LogP contribution in [0.3, 0.4) is 0 Å². The Labute approximate surface area is 177 Å². The van der Waals surface area contributed by atoms with Crippen molar-refractivity contribution in [1.82, 2.24) is 9.55 Å². The van der Waals surface area contributed by atoms with E-state index >= 15 is 0 Å². The van der Waals surface area contributed by atoms with Crippen LogP contribution in [0.4, 0.5) is 10.1 Å². The summed E-state index contributed by atoms with van der Waals surface area (Å²) in [6.45, 7) is 6.23. The minimum Gasteiger partial charge on any atom is -0.323 e. The molecule has 0 saturated heterocycles. The van der Waals surface area contributed by atoms with E-state index in [0.717, 1.165) is 17.3 Å². The highest BCUT2D eigenvalue weighted by Crippen LogP contribution is 2.22. The van der Waals surface area contributed by atoms with Crippen LogP contribution < -0.4 is 10.9 Å². The number of nitrogens with one attached hydrogen (secondary N) is 1. The Morgan fingerprint density at radius 2 is 2.03 bits per heavy atom. The Kier molecular flexibility index (Phi) is 6.59. The summed E-state index contributed by atoms with van der Waals surface area (Å²) < 4.78 is 15.5. The average Bonchev–Trinajstić information content (AvgIpc) is 2.65. The van der Waals surface area contributed by atoms with Crippen molar-refractivity contribution in [2.75, 3.05) is 11.1 Å². The zero-order chi connectivity index (χ0) is 21.1. The lowest BCUT2D eigenvalue weighted by molar-refractivity contribution is -0.113. The molecule has 0 unspecified atom stereocenters. The fourth-order valence-corrected chi connectivity index (χ4v) is 3.83. The van der Waals surface area contributed by atoms with Gasteiger partial charge in [-0.1, -0.05) is 43.3 Å². The monoisotopic (exact) mass is 433 g/mol. The zero-order valence-electron chi connectivity index (χ0n) is 16.3. The van der Waals surface area contributed by atoms with Gasteiger partial charge in [-0.05, 0) is 48.7 Å². The van der Waals surface area contributed by atoms with Gasteiger partial charge in [-0.25, -0.2) is 9.37 Å². The molecule has 29 heavy (non-hydrogen) atoms. The standard InChI is InChI=1S/C21H21ClFN3O2S/c1-12(2)10-26-20(28)15-9-14(22)5-7-17(15)25-21(26)29-11-19(27)24-18-6-4-13(3)8-16(18)23/h4-9,12H,10-11H2,1-3H3,(H,24,27). The van der Waals surface area contributed by atoms with Crippen molar-refractivity contribution >= 4 is 45.9 Å². The third-order valence-electron chi connectivity index (χ3n) is 4.16. The van der Waals surface area contributed by atoms with Crippen LogP contribution >= 0.6 is 23.4 Å². The van der Waals surface area contributed by atoms with Crippen molar-refractivity contribution in [3.8, 4) is 0 Å². The SMILES string of the molecule is Cc1ccc(NC(=O)CSc2nc3ccc(Cl)cc3c(=O)n2CC(C)C)c(F)c1. The molecule has 0 radical (unpaired) electrons. The first-order chi connectivity index (χ1) is 13.7. The van der Waals surface area contributed by atoms with Crippen molar-refractivity contribution in [3.05, 3.63) is 63.2 Å². The van der Waals surface area contributed by atoms with Gasteiger partial charge in [0.1, 0.15) is 5.82 Å². The first-order valence-electron chi connectivity index (χ1n) is 9.13. The number of carbonyl (C=O) groups excluding carboxylic acids is 1. The number of thioether (sulfide) groups is 1. The summed E-state index contributed by atoms with van der Waals surface area (Å²) in [6, 6.07) is 9.57. The highest BCUT2D eigenvalue weighted by Gasteiger charge is 2.15. The van der Waals surface area contributed by atoms with Gasteiger partial charge in [0.2, 0.25) is 5.91 Å². The highest BCUT2D eigenvalue weighted by molar-refractivity contribution is 7.99. The summed E-state index contributed by atoms with van der Waals surface area (Å²) in [5.74, 6) is -0.655. The summed E-state index contributed by atoms with van der Waals surface area (Å²) in [6.07, 6.45) is 0. The van der Waals surface area contributed by atoms with E-state index in [-0.39, 0.29) is 28.8 Å². The summed E-state index contributed by atoms with van der Waals surface area (Å²) >= 11 is 7.17. The first-order valence-corrected chi connectivity index (χ1v) is 10.5. The van der Waals surface area contributed by atoms with Gasteiger partial charge in [0.15, 0.2) is 5.16 Å². The van der Waals surface area contributed by atoms with Crippen LogP contribution in [-0.2, 0) is 11.3 Å². The maximum absolute atomic E-state index is 14.0. The molecule has 0 atom stereocenters. The molecule has 2 aromatic carbocycles. The van der Waals surface area contributed by atoms with Crippen LogP contribution in [0.15, 0.2) is 46.3 Å². The van der Waals surface area contributed by atoms with Crippen LogP contribution in [0.2, 0.25) is 5.02 Å². The molecule has 0 aliphatic carbocycles. The lowest BCUT2D eigenvalue weighted by atomic mass is 10.2. The Morgan fingerprint density at radius 3 is 2.72 bits per heavy atom. The fraction of sp³-hybridized carbons (Fsp3) is 0.286. The van der Waals surface area contributed by atoms with E-state index in [1.165, 1.54) is 12.1 Å². The molecule has 1 amide bonds. The number of fused-ring (bicyclic) bond motifs is 1. The van der Waals surface area contributed by atoms with Gasteiger partial charge in [0.25, 0.3) is 5.56 Å². The number of amides is 1. The van der Waals surface area contributed by atoms with E-state index in [4.69, 9.17) is 11.6 Å². The maximum atomic E-state index is 14.0. The number of carbonyl (C=O) groups is 1. The predicted molar refractivity (Wildman–Crippen MR) is 116 cm³/mol. The summed E-state index contributed by atoms with van der Waals surface area (Å²) in [5.41, 5.74) is 1.22. The zero-order valence-corrected chi connectivity index (χ0v) is 17.9. The van der Waals surface area contributed by atoms with E-state index in [9.17, 15) is 14.0 Å². The van der Waals surface area contributed by atoms with Gasteiger partial charge < -0.3 is 5.32 Å². The van der Waals surface area contributed by atoms with E-state index in [1.54, 1.807) is 35.8 Å². The molecule has 0 saturated carbocycles. The van der Waals surface area contributed by atoms with Gasteiger partial charge in [-0.3, -0.25) is 14.2 Å². The molecule has 0 fully saturated rings. The molecule has 3 rings (SSSR count). The molecular formula is C21H21ClFN3O2S. The van der Waals surface area contributed by atoms with Crippen molar-refractivity contribution in [3.63, 3.8) is 0 Å². The van der Waals surface area contributed by atoms with Crippen molar-refractivity contribution in [1.29, 1.82) is 0 Å². The average molecular weight is 434 g/mol. The second-order valence-electron chi connectivity index (χ2n) is 7.19. The van der Waals surface area contributed by atoms with E-state index in [0.29, 0.717) is 27.6 Å². The molecule has 152 valence electrons. The van der Waals surface area contributed by atoms with E-state index < -0.39 is 5.82 Å². The Morgan fingerprint density at radius 1 is 1.28 bits per heavy atom. The van der Waals surface area contributed by atoms with Gasteiger partial charge in [0.05, 0.1) is 22.3 Å². The number of nitrogens with zero attached hydrogens (tertiary/aromatic N) is 2. The maximum Gasteiger partial charge on any atom is 0.262 e. The molecule has 3 aromatic rings. The molecule has 5 nitrogen and oxygen atoms in total. The lowest BCUT2D eigenvalue weighted by Gasteiger charge is -2.15. The van der Waals surface area contributed by atoms with Crippen LogP contribution in [0.5, 0.6) is 0 Å². The van der Waals surface area contributed by atoms with Crippen LogP contribution in [0.1, 0.15) is 19.4 Å². The molecule has 1 N–H and O–H groups in total. The number of benzene rings is 2. The summed E-state index contributed by atoms with van der Waals surface area (Å²) in [7, 11) is 0. The first kappa shape index (κ1) is 21.3. The van der Waals surface area contributed by atoms with E-state index in [1.807, 2.05) is 13.8 Å².